The summed E-state index contributed by atoms with van der Waals surface area (Å²) in [5.74, 6) is -0.401. The fraction of sp³-hybridized carbons (Fsp3) is 0.565. The summed E-state index contributed by atoms with van der Waals surface area (Å²) in [6, 6.07) is 7.47. The molecule has 0 radical (unpaired) electrons. The topological polar surface area (TPSA) is 74.3 Å². The first-order chi connectivity index (χ1) is 14.4. The molecule has 162 valence electrons. The summed E-state index contributed by atoms with van der Waals surface area (Å²) in [4.78, 5) is 28.0. The van der Waals surface area contributed by atoms with Gasteiger partial charge in [-0.05, 0) is 36.6 Å². The van der Waals surface area contributed by atoms with Gasteiger partial charge in [0, 0.05) is 19.0 Å². The molecule has 4 rings (SSSR count). The lowest BCUT2D eigenvalue weighted by atomic mass is 9.87. The maximum absolute atomic E-state index is 13.1. The Kier molecular flexibility index (Phi) is 5.84. The fourth-order valence-corrected chi connectivity index (χ4v) is 4.44. The van der Waals surface area contributed by atoms with E-state index in [1.54, 1.807) is 14.0 Å². The fourth-order valence-electron chi connectivity index (χ4n) is 4.44. The Labute approximate surface area is 176 Å². The van der Waals surface area contributed by atoms with Crippen molar-refractivity contribution in [3.8, 4) is 5.75 Å². The predicted octanol–water partition coefficient (Wildman–Crippen LogP) is 2.48. The van der Waals surface area contributed by atoms with E-state index < -0.39 is 17.5 Å². The minimum atomic E-state index is -1.27. The maximum Gasteiger partial charge on any atom is 0.338 e. The summed E-state index contributed by atoms with van der Waals surface area (Å²) in [5.41, 5.74) is 0.639. The molecule has 0 spiro atoms. The third-order valence-electron chi connectivity index (χ3n) is 6.58. The van der Waals surface area contributed by atoms with Crippen LogP contribution in [0.25, 0.3) is 0 Å². The van der Waals surface area contributed by atoms with Crippen molar-refractivity contribution in [1.29, 1.82) is 0 Å². The lowest BCUT2D eigenvalue weighted by Gasteiger charge is -2.33. The number of benzene rings is 1. The van der Waals surface area contributed by atoms with Crippen molar-refractivity contribution in [3.05, 3.63) is 41.5 Å². The first-order valence-corrected chi connectivity index (χ1v) is 10.5. The van der Waals surface area contributed by atoms with Gasteiger partial charge in [0.05, 0.1) is 26.2 Å². The minimum Gasteiger partial charge on any atom is -0.497 e. The van der Waals surface area contributed by atoms with Gasteiger partial charge in [0.25, 0.3) is 0 Å². The monoisotopic (exact) mass is 415 g/mol. The van der Waals surface area contributed by atoms with Crippen molar-refractivity contribution >= 4 is 11.9 Å². The number of ether oxygens (including phenoxy) is 4. The van der Waals surface area contributed by atoms with E-state index in [1.165, 1.54) is 0 Å². The second-order valence-electron chi connectivity index (χ2n) is 8.46. The second kappa shape index (κ2) is 8.40. The lowest BCUT2D eigenvalue weighted by molar-refractivity contribution is -0.180. The average molecular weight is 415 g/mol. The minimum absolute atomic E-state index is 0.0154. The van der Waals surface area contributed by atoms with E-state index >= 15 is 0 Å². The van der Waals surface area contributed by atoms with Crippen molar-refractivity contribution < 1.29 is 28.5 Å². The summed E-state index contributed by atoms with van der Waals surface area (Å²) in [6.45, 7) is 5.63. The van der Waals surface area contributed by atoms with Crippen LogP contribution >= 0.6 is 0 Å². The van der Waals surface area contributed by atoms with Crippen LogP contribution in [0.15, 0.2) is 35.9 Å². The Balaban J connectivity index is 1.52. The highest BCUT2D eigenvalue weighted by atomic mass is 16.6. The van der Waals surface area contributed by atoms with E-state index in [9.17, 15) is 9.59 Å². The Morgan fingerprint density at radius 3 is 2.73 bits per heavy atom. The molecular formula is C23H29NO6. The van der Waals surface area contributed by atoms with Crippen LogP contribution in [0.2, 0.25) is 0 Å². The summed E-state index contributed by atoms with van der Waals surface area (Å²) in [5, 5.41) is 0. The molecule has 0 bridgehead atoms. The Morgan fingerprint density at radius 2 is 2.00 bits per heavy atom. The van der Waals surface area contributed by atoms with E-state index in [-0.39, 0.29) is 37.7 Å². The molecule has 0 unspecified atom stereocenters. The number of carbonyl (C=O) groups excluding carboxylic acids is 2. The Hall–Kier alpha value is -2.38. The molecule has 7 nitrogen and oxygen atoms in total. The molecule has 30 heavy (non-hydrogen) atoms. The first kappa shape index (κ1) is 20.9. The highest BCUT2D eigenvalue weighted by Gasteiger charge is 2.47. The van der Waals surface area contributed by atoms with Gasteiger partial charge >= 0.3 is 11.9 Å². The van der Waals surface area contributed by atoms with Gasteiger partial charge in [0.15, 0.2) is 5.60 Å². The van der Waals surface area contributed by atoms with Gasteiger partial charge in [-0.3, -0.25) is 9.69 Å². The van der Waals surface area contributed by atoms with E-state index in [0.717, 1.165) is 36.4 Å². The Bertz CT molecular complexity index is 835. The molecule has 7 heteroatoms. The highest BCUT2D eigenvalue weighted by Crippen LogP contribution is 2.35. The molecule has 0 saturated carbocycles. The molecule has 0 aromatic heterocycles. The van der Waals surface area contributed by atoms with E-state index in [4.69, 9.17) is 18.9 Å². The van der Waals surface area contributed by atoms with Gasteiger partial charge in [-0.1, -0.05) is 25.1 Å². The molecule has 1 aromatic carbocycles. The zero-order valence-corrected chi connectivity index (χ0v) is 17.8. The summed E-state index contributed by atoms with van der Waals surface area (Å²) < 4.78 is 22.8. The number of carbonyl (C=O) groups is 2. The van der Waals surface area contributed by atoms with Gasteiger partial charge in [0.1, 0.15) is 18.5 Å². The van der Waals surface area contributed by atoms with Crippen LogP contribution in [0.4, 0.5) is 0 Å². The quantitative estimate of drug-likeness (QED) is 0.552. The van der Waals surface area contributed by atoms with E-state index in [1.807, 2.05) is 31.2 Å². The molecule has 3 aliphatic heterocycles. The number of methoxy groups -OCH3 is 1. The van der Waals surface area contributed by atoms with Crippen LogP contribution in [0.5, 0.6) is 5.75 Å². The molecule has 0 amide bonds. The van der Waals surface area contributed by atoms with Crippen LogP contribution in [-0.4, -0.2) is 61.4 Å². The van der Waals surface area contributed by atoms with Gasteiger partial charge in [-0.15, -0.1) is 0 Å². The molecule has 0 aliphatic carbocycles. The van der Waals surface area contributed by atoms with Crippen molar-refractivity contribution in [2.45, 2.75) is 51.0 Å². The normalized spacial score (nSPS) is 32.0. The first-order valence-electron chi connectivity index (χ1n) is 10.5. The Morgan fingerprint density at radius 1 is 1.23 bits per heavy atom. The number of hydrogen-bond donors (Lipinski definition) is 0. The smallest absolute Gasteiger partial charge is 0.338 e. The second-order valence-corrected chi connectivity index (χ2v) is 8.46. The highest BCUT2D eigenvalue weighted by molar-refractivity contribution is 5.81. The molecule has 3 aliphatic rings. The van der Waals surface area contributed by atoms with Crippen molar-refractivity contribution in [1.82, 2.24) is 4.90 Å². The van der Waals surface area contributed by atoms with Crippen LogP contribution in [0, 0.1) is 5.92 Å². The molecular weight excluding hydrogens is 386 g/mol. The molecule has 4 atom stereocenters. The van der Waals surface area contributed by atoms with Crippen LogP contribution < -0.4 is 4.74 Å². The van der Waals surface area contributed by atoms with Crippen LogP contribution in [0.3, 0.4) is 0 Å². The zero-order valence-electron chi connectivity index (χ0n) is 17.8. The number of hydrogen-bond acceptors (Lipinski definition) is 7. The number of rotatable bonds is 4. The molecule has 3 heterocycles. The number of cyclic esters (lactones) is 1. The van der Waals surface area contributed by atoms with Crippen LogP contribution in [-0.2, 0) is 30.4 Å². The van der Waals surface area contributed by atoms with Crippen molar-refractivity contribution in [2.75, 3.05) is 26.8 Å². The number of nitrogens with zero attached hydrogens (tertiary/aromatic N) is 1. The standard InChI is InChI=1S/C23H29NO6/c1-15-12-20(25)30-19-9-11-24-10-8-17(21(19)24)14-28-22(26)23(15,2)29-13-16-4-6-18(27-3)7-5-16/h4-8,15,19,21H,9-14H2,1-3H3/t15-,19-,21-,23+/m1/s1. The predicted molar refractivity (Wildman–Crippen MR) is 109 cm³/mol. The van der Waals surface area contributed by atoms with Crippen molar-refractivity contribution in [3.63, 3.8) is 0 Å². The summed E-state index contributed by atoms with van der Waals surface area (Å²) in [6.07, 6.45) is 2.80. The van der Waals surface area contributed by atoms with E-state index in [2.05, 4.69) is 11.0 Å². The number of esters is 2. The SMILES string of the molecule is COc1ccc(CO[C@]2(C)C(=O)OCC3=CCN4CC[C@@H](OC(=O)C[C@H]2C)[C@@H]34)cc1. The van der Waals surface area contributed by atoms with Crippen LogP contribution in [0.1, 0.15) is 32.3 Å². The summed E-state index contributed by atoms with van der Waals surface area (Å²) in [7, 11) is 1.61. The van der Waals surface area contributed by atoms with Crippen molar-refractivity contribution in [2.24, 2.45) is 5.92 Å². The largest absolute Gasteiger partial charge is 0.497 e. The lowest BCUT2D eigenvalue weighted by Crippen LogP contribution is -2.46. The third kappa shape index (κ3) is 3.96. The molecule has 2 fully saturated rings. The molecule has 1 aromatic rings. The zero-order chi connectivity index (χ0) is 21.3. The van der Waals surface area contributed by atoms with Gasteiger partial charge in [-0.2, -0.15) is 0 Å². The summed E-state index contributed by atoms with van der Waals surface area (Å²) >= 11 is 0. The van der Waals surface area contributed by atoms with E-state index in [0.29, 0.717) is 0 Å². The molecule has 2 saturated heterocycles. The van der Waals surface area contributed by atoms with Gasteiger partial charge < -0.3 is 18.9 Å². The van der Waals surface area contributed by atoms with Gasteiger partial charge in [-0.25, -0.2) is 4.79 Å². The average Bonchev–Trinajstić information content (AvgIpc) is 3.32. The van der Waals surface area contributed by atoms with Gasteiger partial charge in [0.2, 0.25) is 0 Å². The molecule has 0 N–H and O–H groups in total. The third-order valence-corrected chi connectivity index (χ3v) is 6.58. The maximum atomic E-state index is 13.1.